The zero-order valence-electron chi connectivity index (χ0n) is 15.6. The quantitative estimate of drug-likeness (QED) is 0.670. The standard InChI is InChI=1S/C23H26FNOS/c24-22-15-18(8-9-21(22)17-5-2-1-3-6-17)23(26)19-7-4-12-25(16-19)20-10-13-27-14-11-20/h1-3,5-6,8-9,15,19-20H,4,7,10-14,16H2. The average Bonchev–Trinajstić information content (AvgIpc) is 2.74. The fourth-order valence-electron chi connectivity index (χ4n) is 4.36. The van der Waals surface area contributed by atoms with Gasteiger partial charge in [-0.15, -0.1) is 0 Å². The number of nitrogens with zero attached hydrogens (tertiary/aromatic N) is 1. The Morgan fingerprint density at radius 1 is 1.04 bits per heavy atom. The molecule has 0 aromatic heterocycles. The van der Waals surface area contributed by atoms with E-state index in [-0.39, 0.29) is 17.5 Å². The molecule has 4 rings (SSSR count). The maximum atomic E-state index is 14.7. The van der Waals surface area contributed by atoms with Crippen LogP contribution in [0.2, 0.25) is 0 Å². The number of piperidine rings is 1. The van der Waals surface area contributed by atoms with Gasteiger partial charge in [-0.2, -0.15) is 11.8 Å². The van der Waals surface area contributed by atoms with Crippen molar-refractivity contribution in [1.29, 1.82) is 0 Å². The fraction of sp³-hybridized carbons (Fsp3) is 0.435. The van der Waals surface area contributed by atoms with Gasteiger partial charge in [-0.3, -0.25) is 9.69 Å². The van der Waals surface area contributed by atoms with Gasteiger partial charge < -0.3 is 0 Å². The van der Waals surface area contributed by atoms with E-state index < -0.39 is 0 Å². The normalized spacial score (nSPS) is 21.9. The number of thioether (sulfide) groups is 1. The van der Waals surface area contributed by atoms with Crippen molar-refractivity contribution in [2.45, 2.75) is 31.7 Å². The van der Waals surface area contributed by atoms with E-state index in [1.165, 1.54) is 30.4 Å². The highest BCUT2D eigenvalue weighted by Gasteiger charge is 2.31. The van der Waals surface area contributed by atoms with Crippen molar-refractivity contribution < 1.29 is 9.18 Å². The third kappa shape index (κ3) is 4.27. The number of benzene rings is 2. The van der Waals surface area contributed by atoms with Crippen molar-refractivity contribution in [1.82, 2.24) is 4.90 Å². The van der Waals surface area contributed by atoms with E-state index in [9.17, 15) is 9.18 Å². The molecule has 0 aliphatic carbocycles. The van der Waals surface area contributed by atoms with Gasteiger partial charge in [-0.05, 0) is 55.4 Å². The SMILES string of the molecule is O=C(c1ccc(-c2ccccc2)c(F)c1)C1CCCN(C2CCSCC2)C1. The predicted molar refractivity (Wildman–Crippen MR) is 111 cm³/mol. The summed E-state index contributed by atoms with van der Waals surface area (Å²) in [5, 5.41) is 0. The highest BCUT2D eigenvalue weighted by molar-refractivity contribution is 7.99. The molecule has 2 nitrogen and oxygen atoms in total. The zero-order valence-corrected chi connectivity index (χ0v) is 16.4. The summed E-state index contributed by atoms with van der Waals surface area (Å²) in [5.41, 5.74) is 1.91. The molecule has 4 heteroatoms. The van der Waals surface area contributed by atoms with Crippen molar-refractivity contribution in [2.24, 2.45) is 5.92 Å². The molecule has 1 atom stereocenters. The van der Waals surface area contributed by atoms with Gasteiger partial charge >= 0.3 is 0 Å². The molecule has 2 aliphatic rings. The van der Waals surface area contributed by atoms with Crippen LogP contribution in [-0.2, 0) is 0 Å². The Labute approximate surface area is 165 Å². The molecule has 142 valence electrons. The fourth-order valence-corrected chi connectivity index (χ4v) is 5.44. The van der Waals surface area contributed by atoms with Crippen molar-refractivity contribution in [3.8, 4) is 11.1 Å². The minimum absolute atomic E-state index is 0.00435. The minimum atomic E-state index is -0.316. The molecular weight excluding hydrogens is 357 g/mol. The Bertz CT molecular complexity index is 788. The number of halogens is 1. The van der Waals surface area contributed by atoms with E-state index in [0.717, 1.165) is 31.5 Å². The highest BCUT2D eigenvalue weighted by Crippen LogP contribution is 2.29. The summed E-state index contributed by atoms with van der Waals surface area (Å²) in [6.07, 6.45) is 4.43. The van der Waals surface area contributed by atoms with Crippen molar-refractivity contribution >= 4 is 17.5 Å². The molecule has 27 heavy (non-hydrogen) atoms. The van der Waals surface area contributed by atoms with Crippen molar-refractivity contribution in [3.05, 3.63) is 59.9 Å². The number of Topliss-reactive ketones (excluding diaryl/α,β-unsaturated/α-hetero) is 1. The molecule has 0 saturated carbocycles. The second kappa shape index (κ2) is 8.57. The Hall–Kier alpha value is -1.65. The van der Waals surface area contributed by atoms with Crippen LogP contribution in [-0.4, -0.2) is 41.3 Å². The second-order valence-corrected chi connectivity index (χ2v) is 8.83. The first-order valence-electron chi connectivity index (χ1n) is 9.93. The molecule has 0 bridgehead atoms. The van der Waals surface area contributed by atoms with E-state index in [2.05, 4.69) is 4.90 Å². The first kappa shape index (κ1) is 18.7. The van der Waals surface area contributed by atoms with Crippen LogP contribution >= 0.6 is 11.8 Å². The number of hydrogen-bond donors (Lipinski definition) is 0. The second-order valence-electron chi connectivity index (χ2n) is 7.60. The van der Waals surface area contributed by atoms with Crippen LogP contribution < -0.4 is 0 Å². The monoisotopic (exact) mass is 383 g/mol. The van der Waals surface area contributed by atoms with Crippen LogP contribution in [0.4, 0.5) is 4.39 Å². The summed E-state index contributed by atoms with van der Waals surface area (Å²) in [6, 6.07) is 15.1. The topological polar surface area (TPSA) is 20.3 Å². The maximum Gasteiger partial charge on any atom is 0.167 e. The number of likely N-dealkylation sites (tertiary alicyclic amines) is 1. The van der Waals surface area contributed by atoms with Gasteiger partial charge in [0.1, 0.15) is 5.82 Å². The molecular formula is C23H26FNOS. The van der Waals surface area contributed by atoms with Crippen LogP contribution in [0.5, 0.6) is 0 Å². The number of hydrogen-bond acceptors (Lipinski definition) is 3. The Balaban J connectivity index is 1.48. The predicted octanol–water partition coefficient (Wildman–Crippen LogP) is 5.28. The molecule has 0 radical (unpaired) electrons. The van der Waals surface area contributed by atoms with Gasteiger partial charge in [0.25, 0.3) is 0 Å². The lowest BCUT2D eigenvalue weighted by Crippen LogP contribution is -2.46. The summed E-state index contributed by atoms with van der Waals surface area (Å²) >= 11 is 2.03. The van der Waals surface area contributed by atoms with Crippen LogP contribution in [0.25, 0.3) is 11.1 Å². The smallest absolute Gasteiger partial charge is 0.167 e. The van der Waals surface area contributed by atoms with Crippen molar-refractivity contribution in [2.75, 3.05) is 24.6 Å². The minimum Gasteiger partial charge on any atom is -0.300 e. The third-order valence-corrected chi connectivity index (χ3v) is 6.92. The highest BCUT2D eigenvalue weighted by atomic mass is 32.2. The van der Waals surface area contributed by atoms with Gasteiger partial charge in [0.05, 0.1) is 0 Å². The summed E-state index contributed by atoms with van der Waals surface area (Å²) in [7, 11) is 0. The van der Waals surface area contributed by atoms with Crippen LogP contribution in [0.15, 0.2) is 48.5 Å². The Morgan fingerprint density at radius 2 is 1.81 bits per heavy atom. The van der Waals surface area contributed by atoms with Gasteiger partial charge in [-0.1, -0.05) is 42.5 Å². The summed E-state index contributed by atoms with van der Waals surface area (Å²) in [6.45, 7) is 1.93. The van der Waals surface area contributed by atoms with E-state index in [1.54, 1.807) is 12.1 Å². The number of carbonyl (C=O) groups is 1. The third-order valence-electron chi connectivity index (χ3n) is 5.87. The van der Waals surface area contributed by atoms with Gasteiger partial charge in [0, 0.05) is 29.6 Å². The lowest BCUT2D eigenvalue weighted by Gasteiger charge is -2.39. The van der Waals surface area contributed by atoms with E-state index in [4.69, 9.17) is 0 Å². The lowest BCUT2D eigenvalue weighted by atomic mass is 9.88. The zero-order chi connectivity index (χ0) is 18.6. The molecule has 0 amide bonds. The first-order valence-corrected chi connectivity index (χ1v) is 11.1. The molecule has 2 aromatic carbocycles. The molecule has 2 fully saturated rings. The molecule has 0 N–H and O–H groups in total. The summed E-state index contributed by atoms with van der Waals surface area (Å²) in [5.74, 6) is 2.24. The number of rotatable bonds is 4. The molecule has 2 aliphatic heterocycles. The van der Waals surface area contributed by atoms with Crippen LogP contribution in [0.3, 0.4) is 0 Å². The first-order chi connectivity index (χ1) is 13.2. The van der Waals surface area contributed by atoms with E-state index in [1.807, 2.05) is 42.1 Å². The Morgan fingerprint density at radius 3 is 2.56 bits per heavy atom. The number of ketones is 1. The summed E-state index contributed by atoms with van der Waals surface area (Å²) < 4.78 is 14.7. The molecule has 0 spiro atoms. The van der Waals surface area contributed by atoms with Crippen LogP contribution in [0, 0.1) is 11.7 Å². The maximum absolute atomic E-state index is 14.7. The van der Waals surface area contributed by atoms with Crippen LogP contribution in [0.1, 0.15) is 36.0 Å². The van der Waals surface area contributed by atoms with E-state index in [0.29, 0.717) is 17.2 Å². The largest absolute Gasteiger partial charge is 0.300 e. The molecule has 2 aromatic rings. The van der Waals surface area contributed by atoms with E-state index >= 15 is 0 Å². The molecule has 2 saturated heterocycles. The Kier molecular flexibility index (Phi) is 5.94. The summed E-state index contributed by atoms with van der Waals surface area (Å²) in [4.78, 5) is 15.5. The molecule has 2 heterocycles. The van der Waals surface area contributed by atoms with Crippen molar-refractivity contribution in [3.63, 3.8) is 0 Å². The molecule has 1 unspecified atom stereocenters. The van der Waals surface area contributed by atoms with Gasteiger partial charge in [0.15, 0.2) is 5.78 Å². The van der Waals surface area contributed by atoms with Gasteiger partial charge in [-0.25, -0.2) is 4.39 Å². The lowest BCUT2D eigenvalue weighted by molar-refractivity contribution is 0.0741. The van der Waals surface area contributed by atoms with Gasteiger partial charge in [0.2, 0.25) is 0 Å². The average molecular weight is 384 g/mol. The number of carbonyl (C=O) groups excluding carboxylic acids is 1.